The van der Waals surface area contributed by atoms with Crippen LogP contribution in [0.3, 0.4) is 0 Å². The third kappa shape index (κ3) is 1.08. The van der Waals surface area contributed by atoms with Gasteiger partial charge in [0, 0.05) is 13.1 Å². The monoisotopic (exact) mass is 129 g/mol. The molecular formula is C6H11NO2. The maximum absolute atomic E-state index is 5.53. The molecular weight excluding hydrogens is 118 g/mol. The molecule has 52 valence electrons. The number of hydrogen-bond donors (Lipinski definition) is 1. The Morgan fingerprint density at radius 2 is 1.78 bits per heavy atom. The average Bonchev–Trinajstić information content (AvgIpc) is 1.88. The van der Waals surface area contributed by atoms with E-state index in [0.717, 1.165) is 26.3 Å². The largest absolute Gasteiger partial charge is 0.376 e. The summed E-state index contributed by atoms with van der Waals surface area (Å²) >= 11 is 0. The molecule has 2 saturated heterocycles. The lowest BCUT2D eigenvalue weighted by Gasteiger charge is -2.35. The third-order valence-corrected chi connectivity index (χ3v) is 1.74. The summed E-state index contributed by atoms with van der Waals surface area (Å²) in [5, 5.41) is 3.28. The van der Waals surface area contributed by atoms with Gasteiger partial charge in [-0.2, -0.15) is 0 Å². The van der Waals surface area contributed by atoms with Crippen LogP contribution in [0.5, 0.6) is 0 Å². The van der Waals surface area contributed by atoms with Crippen LogP contribution in [0.1, 0.15) is 0 Å². The second-order valence-electron chi connectivity index (χ2n) is 2.58. The maximum Gasteiger partial charge on any atom is 0.0938 e. The molecule has 9 heavy (non-hydrogen) atoms. The minimum Gasteiger partial charge on any atom is -0.376 e. The van der Waals surface area contributed by atoms with Crippen LogP contribution in [0.2, 0.25) is 0 Å². The zero-order chi connectivity index (χ0) is 6.10. The first-order valence-corrected chi connectivity index (χ1v) is 3.39. The molecule has 2 aliphatic rings. The van der Waals surface area contributed by atoms with Crippen molar-refractivity contribution >= 4 is 0 Å². The molecule has 3 nitrogen and oxygen atoms in total. The van der Waals surface area contributed by atoms with Gasteiger partial charge in [0.15, 0.2) is 0 Å². The highest BCUT2D eigenvalue weighted by atomic mass is 16.6. The molecule has 2 rings (SSSR count). The summed E-state index contributed by atoms with van der Waals surface area (Å²) in [6.07, 6.45) is 0.634. The predicted octanol–water partition coefficient (Wildman–Crippen LogP) is -0.626. The van der Waals surface area contributed by atoms with Crippen LogP contribution >= 0.6 is 0 Å². The summed E-state index contributed by atoms with van der Waals surface area (Å²) in [5.41, 5.74) is 0. The van der Waals surface area contributed by atoms with Crippen molar-refractivity contribution in [2.75, 3.05) is 26.3 Å². The Labute approximate surface area is 54.3 Å². The van der Waals surface area contributed by atoms with Crippen molar-refractivity contribution in [2.24, 2.45) is 0 Å². The highest BCUT2D eigenvalue weighted by Crippen LogP contribution is 2.09. The van der Waals surface area contributed by atoms with Crippen molar-refractivity contribution in [3.05, 3.63) is 0 Å². The van der Waals surface area contributed by atoms with E-state index in [9.17, 15) is 0 Å². The topological polar surface area (TPSA) is 30.5 Å². The first-order valence-electron chi connectivity index (χ1n) is 3.39. The van der Waals surface area contributed by atoms with Gasteiger partial charge in [-0.05, 0) is 0 Å². The number of hydrogen-bond acceptors (Lipinski definition) is 3. The Hall–Kier alpha value is -0.120. The Morgan fingerprint density at radius 3 is 2.33 bits per heavy atom. The molecule has 2 bridgehead atoms. The fourth-order valence-corrected chi connectivity index (χ4v) is 1.30. The summed E-state index contributed by atoms with van der Waals surface area (Å²) in [5.74, 6) is 0. The molecule has 2 aliphatic heterocycles. The number of fused-ring (bicyclic) bond motifs is 2. The van der Waals surface area contributed by atoms with Gasteiger partial charge in [-0.25, -0.2) is 0 Å². The molecule has 1 N–H and O–H groups in total. The summed E-state index contributed by atoms with van der Waals surface area (Å²) in [4.78, 5) is 0. The van der Waals surface area contributed by atoms with E-state index in [0.29, 0.717) is 12.2 Å². The number of morpholine rings is 1. The van der Waals surface area contributed by atoms with E-state index in [4.69, 9.17) is 9.47 Å². The molecule has 3 heteroatoms. The second kappa shape index (κ2) is 2.25. The Morgan fingerprint density at radius 1 is 1.11 bits per heavy atom. The van der Waals surface area contributed by atoms with Crippen molar-refractivity contribution in [3.8, 4) is 0 Å². The second-order valence-corrected chi connectivity index (χ2v) is 2.58. The van der Waals surface area contributed by atoms with E-state index in [1.165, 1.54) is 0 Å². The van der Waals surface area contributed by atoms with Crippen LogP contribution in [-0.4, -0.2) is 38.5 Å². The Balaban J connectivity index is 1.96. The van der Waals surface area contributed by atoms with Crippen molar-refractivity contribution in [2.45, 2.75) is 12.2 Å². The highest BCUT2D eigenvalue weighted by Gasteiger charge is 2.26. The van der Waals surface area contributed by atoms with Crippen molar-refractivity contribution in [1.29, 1.82) is 0 Å². The molecule has 0 aliphatic carbocycles. The predicted molar refractivity (Wildman–Crippen MR) is 32.3 cm³/mol. The van der Waals surface area contributed by atoms with Gasteiger partial charge < -0.3 is 14.8 Å². The first-order chi connectivity index (χ1) is 4.45. The maximum atomic E-state index is 5.53. The van der Waals surface area contributed by atoms with Crippen LogP contribution in [0.15, 0.2) is 0 Å². The third-order valence-electron chi connectivity index (χ3n) is 1.74. The summed E-state index contributed by atoms with van der Waals surface area (Å²) < 4.78 is 10.8. The van der Waals surface area contributed by atoms with E-state index in [1.54, 1.807) is 0 Å². The first kappa shape index (κ1) is 5.65. The van der Waals surface area contributed by atoms with Crippen LogP contribution < -0.4 is 5.32 Å². The SMILES string of the molecule is C1NC[C@H]2COC[C@@H]1O2. The minimum atomic E-state index is 0.317. The van der Waals surface area contributed by atoms with Crippen LogP contribution in [0.25, 0.3) is 0 Å². The van der Waals surface area contributed by atoms with E-state index in [2.05, 4.69) is 5.32 Å². The van der Waals surface area contributed by atoms with Gasteiger partial charge in [0.05, 0.1) is 25.4 Å². The molecule has 0 unspecified atom stereocenters. The number of ether oxygens (including phenoxy) is 2. The van der Waals surface area contributed by atoms with Crippen molar-refractivity contribution in [3.63, 3.8) is 0 Å². The van der Waals surface area contributed by atoms with Gasteiger partial charge in [-0.15, -0.1) is 0 Å². The standard InChI is InChI=1S/C6H11NO2/c1-5-3-8-4-6(9-5)2-7-1/h5-7H,1-4H2/t5-,6+. The quantitative estimate of drug-likeness (QED) is 0.472. The molecule has 0 aromatic heterocycles. The molecule has 0 aromatic carbocycles. The Bertz CT molecular complexity index is 87.2. The van der Waals surface area contributed by atoms with Gasteiger partial charge in [0.2, 0.25) is 0 Å². The molecule has 0 radical (unpaired) electrons. The van der Waals surface area contributed by atoms with Crippen LogP contribution in [0, 0.1) is 0 Å². The summed E-state index contributed by atoms with van der Waals surface area (Å²) in [6, 6.07) is 0. The highest BCUT2D eigenvalue weighted by molar-refractivity contribution is 4.77. The summed E-state index contributed by atoms with van der Waals surface area (Å²) in [7, 11) is 0. The van der Waals surface area contributed by atoms with Gasteiger partial charge in [0.25, 0.3) is 0 Å². The average molecular weight is 129 g/mol. The number of rotatable bonds is 0. The molecule has 0 amide bonds. The fourth-order valence-electron chi connectivity index (χ4n) is 1.30. The van der Waals surface area contributed by atoms with E-state index >= 15 is 0 Å². The van der Waals surface area contributed by atoms with E-state index in [-0.39, 0.29) is 0 Å². The van der Waals surface area contributed by atoms with Gasteiger partial charge in [-0.1, -0.05) is 0 Å². The molecule has 2 atom stereocenters. The minimum absolute atomic E-state index is 0.317. The Kier molecular flexibility index (Phi) is 1.41. The molecule has 2 fully saturated rings. The number of nitrogens with one attached hydrogen (secondary N) is 1. The van der Waals surface area contributed by atoms with Crippen LogP contribution in [0.4, 0.5) is 0 Å². The zero-order valence-corrected chi connectivity index (χ0v) is 5.30. The smallest absolute Gasteiger partial charge is 0.0938 e. The van der Waals surface area contributed by atoms with E-state index in [1.807, 2.05) is 0 Å². The van der Waals surface area contributed by atoms with Crippen LogP contribution in [-0.2, 0) is 9.47 Å². The zero-order valence-electron chi connectivity index (χ0n) is 5.30. The molecule has 0 spiro atoms. The van der Waals surface area contributed by atoms with Gasteiger partial charge >= 0.3 is 0 Å². The summed E-state index contributed by atoms with van der Waals surface area (Å²) in [6.45, 7) is 3.44. The molecule has 0 aromatic rings. The lowest BCUT2D eigenvalue weighted by atomic mass is 10.2. The molecule has 2 heterocycles. The normalized spacial score (nSPS) is 42.7. The van der Waals surface area contributed by atoms with Gasteiger partial charge in [-0.3, -0.25) is 0 Å². The molecule has 0 saturated carbocycles. The lowest BCUT2D eigenvalue weighted by Crippen LogP contribution is -2.52. The van der Waals surface area contributed by atoms with Crippen molar-refractivity contribution in [1.82, 2.24) is 5.32 Å². The van der Waals surface area contributed by atoms with Crippen molar-refractivity contribution < 1.29 is 9.47 Å². The fraction of sp³-hybridized carbons (Fsp3) is 1.00. The van der Waals surface area contributed by atoms with E-state index < -0.39 is 0 Å². The lowest BCUT2D eigenvalue weighted by molar-refractivity contribution is -0.151. The van der Waals surface area contributed by atoms with Gasteiger partial charge in [0.1, 0.15) is 0 Å².